The van der Waals surface area contributed by atoms with Gasteiger partial charge in [-0.3, -0.25) is 4.79 Å². The van der Waals surface area contributed by atoms with Crippen LogP contribution in [0.4, 0.5) is 5.82 Å². The number of methoxy groups -OCH3 is 1. The third-order valence-electron chi connectivity index (χ3n) is 7.53. The molecule has 1 atom stereocenters. The molecule has 0 spiro atoms. The second-order valence-electron chi connectivity index (χ2n) is 11.0. The Morgan fingerprint density at radius 3 is 2.53 bits per heavy atom. The van der Waals surface area contributed by atoms with Crippen molar-refractivity contribution in [1.82, 2.24) is 15.2 Å². The summed E-state index contributed by atoms with van der Waals surface area (Å²) in [7, 11) is 1.72. The SMILES string of the molecule is C=C1C=C2c3cc(OC)c(-c4ccc(N5CCNCC5)nc4)cc3CC(C(C)(C)C)N2C=C1C(C)=O. The van der Waals surface area contributed by atoms with Crippen LogP contribution < -0.4 is 15.0 Å². The van der Waals surface area contributed by atoms with Crippen molar-refractivity contribution in [3.8, 4) is 16.9 Å². The number of hydrogen-bond acceptors (Lipinski definition) is 6. The molecule has 1 unspecified atom stereocenters. The Hall–Kier alpha value is -3.38. The van der Waals surface area contributed by atoms with Crippen LogP contribution in [0.5, 0.6) is 5.75 Å². The number of nitrogens with zero attached hydrogens (tertiary/aromatic N) is 3. The van der Waals surface area contributed by atoms with Gasteiger partial charge < -0.3 is 19.9 Å². The van der Waals surface area contributed by atoms with Gasteiger partial charge in [-0.05, 0) is 60.2 Å². The maximum atomic E-state index is 12.3. The summed E-state index contributed by atoms with van der Waals surface area (Å²) in [6.07, 6.45) is 6.88. The van der Waals surface area contributed by atoms with Crippen molar-refractivity contribution in [2.75, 3.05) is 38.2 Å². The Morgan fingerprint density at radius 2 is 1.92 bits per heavy atom. The minimum atomic E-state index is 0.000444. The van der Waals surface area contributed by atoms with E-state index in [2.05, 4.69) is 72.8 Å². The summed E-state index contributed by atoms with van der Waals surface area (Å²) in [6, 6.07) is 8.86. The van der Waals surface area contributed by atoms with Crippen LogP contribution in [0.25, 0.3) is 16.8 Å². The van der Waals surface area contributed by atoms with Crippen LogP contribution in [0.2, 0.25) is 0 Å². The van der Waals surface area contributed by atoms with Gasteiger partial charge in [0.1, 0.15) is 11.6 Å². The summed E-state index contributed by atoms with van der Waals surface area (Å²) < 4.78 is 5.89. The normalized spacial score (nSPS) is 19.8. The van der Waals surface area contributed by atoms with E-state index >= 15 is 0 Å². The highest BCUT2D eigenvalue weighted by Crippen LogP contribution is 2.46. The molecule has 1 aromatic carbocycles. The van der Waals surface area contributed by atoms with Gasteiger partial charge in [-0.15, -0.1) is 0 Å². The van der Waals surface area contributed by atoms with Gasteiger partial charge in [-0.2, -0.15) is 0 Å². The standard InChI is InChI=1S/C30H36N4O2/c1-19-13-26-23-16-27(36-6)24(21-7-8-29(32-17-21)33-11-9-31-10-12-33)14-22(23)15-28(30(3,4)5)34(26)18-25(19)20(2)35/h7-8,13-14,16-18,28,31H,1,9-12,15H2,2-6H3. The van der Waals surface area contributed by atoms with E-state index in [-0.39, 0.29) is 17.2 Å². The number of Topliss-reactive ketones (excluding diaryl/α,β-unsaturated/α-hetero) is 1. The van der Waals surface area contributed by atoms with Gasteiger partial charge in [0.15, 0.2) is 5.78 Å². The Labute approximate surface area is 214 Å². The number of aromatic nitrogens is 1. The molecule has 4 heterocycles. The number of fused-ring (bicyclic) bond motifs is 3. The van der Waals surface area contributed by atoms with Gasteiger partial charge in [0, 0.05) is 72.6 Å². The van der Waals surface area contributed by atoms with E-state index in [1.165, 1.54) is 5.56 Å². The molecule has 0 amide bonds. The van der Waals surface area contributed by atoms with E-state index in [1.807, 2.05) is 12.4 Å². The van der Waals surface area contributed by atoms with Crippen molar-refractivity contribution >= 4 is 17.3 Å². The van der Waals surface area contributed by atoms with Gasteiger partial charge in [0.25, 0.3) is 0 Å². The van der Waals surface area contributed by atoms with Gasteiger partial charge >= 0.3 is 0 Å². The summed E-state index contributed by atoms with van der Waals surface area (Å²) in [5.74, 6) is 1.87. The number of allylic oxidation sites excluding steroid dienone is 3. The molecule has 1 N–H and O–H groups in total. The number of ether oxygens (including phenoxy) is 1. The number of ketones is 1. The van der Waals surface area contributed by atoms with Crippen LogP contribution in [0, 0.1) is 5.41 Å². The second kappa shape index (κ2) is 9.25. The lowest BCUT2D eigenvalue weighted by Gasteiger charge is -2.46. The molecule has 0 bridgehead atoms. The number of anilines is 1. The fraction of sp³-hybridized carbons (Fsp3) is 0.400. The number of piperazine rings is 1. The van der Waals surface area contributed by atoms with Crippen molar-refractivity contribution in [1.29, 1.82) is 0 Å². The average molecular weight is 485 g/mol. The first-order chi connectivity index (χ1) is 17.2. The van der Waals surface area contributed by atoms with Crippen LogP contribution >= 0.6 is 0 Å². The predicted octanol–water partition coefficient (Wildman–Crippen LogP) is 4.82. The lowest BCUT2D eigenvalue weighted by Crippen LogP contribution is -2.45. The molecule has 0 aliphatic carbocycles. The zero-order valence-corrected chi connectivity index (χ0v) is 22.0. The molecule has 1 saturated heterocycles. The highest BCUT2D eigenvalue weighted by molar-refractivity contribution is 6.00. The van der Waals surface area contributed by atoms with E-state index in [0.29, 0.717) is 5.57 Å². The molecule has 1 aromatic heterocycles. The van der Waals surface area contributed by atoms with Crippen LogP contribution in [0.3, 0.4) is 0 Å². The largest absolute Gasteiger partial charge is 0.496 e. The minimum Gasteiger partial charge on any atom is -0.496 e. The Balaban J connectivity index is 1.57. The first-order valence-corrected chi connectivity index (χ1v) is 12.7. The van der Waals surface area contributed by atoms with Crippen molar-refractivity contribution in [3.63, 3.8) is 0 Å². The molecule has 6 heteroatoms. The van der Waals surface area contributed by atoms with Crippen molar-refractivity contribution in [2.24, 2.45) is 5.41 Å². The number of nitrogens with one attached hydrogen (secondary N) is 1. The van der Waals surface area contributed by atoms with Gasteiger partial charge in [-0.1, -0.05) is 27.4 Å². The Morgan fingerprint density at radius 1 is 1.17 bits per heavy atom. The quantitative estimate of drug-likeness (QED) is 0.671. The molecule has 5 rings (SSSR count). The lowest BCUT2D eigenvalue weighted by molar-refractivity contribution is -0.113. The molecule has 0 radical (unpaired) electrons. The van der Waals surface area contributed by atoms with Crippen molar-refractivity contribution in [3.05, 3.63) is 71.6 Å². The van der Waals surface area contributed by atoms with Crippen molar-refractivity contribution < 1.29 is 9.53 Å². The Kier molecular flexibility index (Phi) is 6.25. The topological polar surface area (TPSA) is 57.7 Å². The van der Waals surface area contributed by atoms with Gasteiger partial charge in [0.05, 0.1) is 7.11 Å². The van der Waals surface area contributed by atoms with Crippen LogP contribution in [0.1, 0.15) is 38.8 Å². The summed E-state index contributed by atoms with van der Waals surface area (Å²) in [6.45, 7) is 16.5. The highest BCUT2D eigenvalue weighted by Gasteiger charge is 2.38. The Bertz CT molecular complexity index is 1260. The first-order valence-electron chi connectivity index (χ1n) is 12.7. The monoisotopic (exact) mass is 484 g/mol. The number of carbonyl (C=O) groups is 1. The second-order valence-corrected chi connectivity index (χ2v) is 11.0. The van der Waals surface area contributed by atoms with Crippen LogP contribution in [0.15, 0.2) is 60.5 Å². The third-order valence-corrected chi connectivity index (χ3v) is 7.53. The predicted molar refractivity (Wildman–Crippen MR) is 146 cm³/mol. The minimum absolute atomic E-state index is 0.000444. The fourth-order valence-corrected chi connectivity index (χ4v) is 5.48. The van der Waals surface area contributed by atoms with E-state index in [9.17, 15) is 4.79 Å². The number of pyridine rings is 1. The zero-order chi connectivity index (χ0) is 25.6. The molecule has 3 aliphatic rings. The van der Waals surface area contributed by atoms with Gasteiger partial charge in [-0.25, -0.2) is 4.98 Å². The number of hydrogen-bond donors (Lipinski definition) is 1. The van der Waals surface area contributed by atoms with E-state index in [4.69, 9.17) is 9.72 Å². The number of rotatable bonds is 4. The first kappa shape index (κ1) is 24.3. The van der Waals surface area contributed by atoms with Crippen molar-refractivity contribution in [2.45, 2.75) is 40.2 Å². The molecule has 0 saturated carbocycles. The molecule has 3 aliphatic heterocycles. The maximum Gasteiger partial charge on any atom is 0.161 e. The molecular formula is C30H36N4O2. The average Bonchev–Trinajstić information content (AvgIpc) is 2.87. The molecule has 6 nitrogen and oxygen atoms in total. The van der Waals surface area contributed by atoms with Gasteiger partial charge in [0.2, 0.25) is 0 Å². The molecule has 2 aromatic rings. The number of carbonyl (C=O) groups excluding carboxylic acids is 1. The van der Waals surface area contributed by atoms with E-state index in [1.54, 1.807) is 14.0 Å². The molecule has 188 valence electrons. The summed E-state index contributed by atoms with van der Waals surface area (Å²) in [4.78, 5) is 21.7. The maximum absolute atomic E-state index is 12.3. The number of benzene rings is 1. The van der Waals surface area contributed by atoms with Crippen LogP contribution in [-0.2, 0) is 11.2 Å². The fourth-order valence-electron chi connectivity index (χ4n) is 5.48. The summed E-state index contributed by atoms with van der Waals surface area (Å²) >= 11 is 0. The molecule has 36 heavy (non-hydrogen) atoms. The smallest absolute Gasteiger partial charge is 0.161 e. The summed E-state index contributed by atoms with van der Waals surface area (Å²) in [5.41, 5.74) is 6.99. The highest BCUT2D eigenvalue weighted by atomic mass is 16.5. The lowest BCUT2D eigenvalue weighted by atomic mass is 9.76. The molecular weight excluding hydrogens is 448 g/mol. The summed E-state index contributed by atoms with van der Waals surface area (Å²) in [5, 5.41) is 3.39. The van der Waals surface area contributed by atoms with Crippen LogP contribution in [-0.4, -0.2) is 55.0 Å². The molecule has 1 fully saturated rings. The zero-order valence-electron chi connectivity index (χ0n) is 22.0. The third kappa shape index (κ3) is 4.35. The van der Waals surface area contributed by atoms with E-state index < -0.39 is 0 Å². The van der Waals surface area contributed by atoms with E-state index in [0.717, 1.165) is 72.1 Å².